The fourth-order valence-electron chi connectivity index (χ4n) is 3.33. The highest BCUT2D eigenvalue weighted by Gasteiger charge is 2.20. The van der Waals surface area contributed by atoms with E-state index in [0.717, 1.165) is 19.0 Å². The molecule has 3 heteroatoms. The molecule has 1 saturated carbocycles. The number of likely N-dealkylation sites (tertiary alicyclic amines) is 1. The molecular weight excluding hydrogens is 224 g/mol. The van der Waals surface area contributed by atoms with Gasteiger partial charge < -0.3 is 5.32 Å². The highest BCUT2D eigenvalue weighted by molar-refractivity contribution is 5.78. The topological polar surface area (TPSA) is 32.3 Å². The molecule has 0 unspecified atom stereocenters. The maximum atomic E-state index is 12.0. The number of carbonyl (C=O) groups is 1. The Morgan fingerprint density at radius 3 is 2.50 bits per heavy atom. The Bertz CT molecular complexity index is 253. The highest BCUT2D eigenvalue weighted by Crippen LogP contribution is 2.18. The van der Waals surface area contributed by atoms with Crippen LogP contribution in [0.2, 0.25) is 0 Å². The number of nitrogens with one attached hydrogen (secondary N) is 1. The maximum Gasteiger partial charge on any atom is 0.234 e. The Morgan fingerprint density at radius 1 is 1.11 bits per heavy atom. The molecule has 1 amide bonds. The van der Waals surface area contributed by atoms with E-state index in [-0.39, 0.29) is 5.91 Å². The molecule has 18 heavy (non-hydrogen) atoms. The molecule has 0 aromatic rings. The first-order valence-electron chi connectivity index (χ1n) is 7.76. The van der Waals surface area contributed by atoms with Crippen molar-refractivity contribution in [2.24, 2.45) is 5.92 Å². The van der Waals surface area contributed by atoms with Crippen LogP contribution < -0.4 is 5.32 Å². The van der Waals surface area contributed by atoms with E-state index in [4.69, 9.17) is 0 Å². The molecule has 2 rings (SSSR count). The zero-order valence-electron chi connectivity index (χ0n) is 11.8. The average Bonchev–Trinajstić information content (AvgIpc) is 2.57. The standard InChI is InChI=1S/C15H28N2O/c1-13-7-6-10-17(11-13)12-15(18)16-14-8-4-2-3-5-9-14/h13-14H,2-12H2,1H3,(H,16,18)/t13-/m1/s1. The predicted octanol–water partition coefficient (Wildman–Crippen LogP) is 2.56. The number of amides is 1. The zero-order valence-corrected chi connectivity index (χ0v) is 11.8. The summed E-state index contributed by atoms with van der Waals surface area (Å²) in [6, 6.07) is 0.446. The fraction of sp³-hybridized carbons (Fsp3) is 0.933. The Hall–Kier alpha value is -0.570. The van der Waals surface area contributed by atoms with E-state index < -0.39 is 0 Å². The van der Waals surface area contributed by atoms with Crippen molar-refractivity contribution in [1.29, 1.82) is 0 Å². The normalized spacial score (nSPS) is 27.7. The van der Waals surface area contributed by atoms with Crippen molar-refractivity contribution in [2.45, 2.75) is 64.3 Å². The molecule has 2 aliphatic rings. The largest absolute Gasteiger partial charge is 0.352 e. The summed E-state index contributed by atoms with van der Waals surface area (Å²) >= 11 is 0. The summed E-state index contributed by atoms with van der Waals surface area (Å²) in [6.45, 7) is 5.09. The third-order valence-corrected chi connectivity index (χ3v) is 4.33. The summed E-state index contributed by atoms with van der Waals surface area (Å²) in [4.78, 5) is 14.4. The van der Waals surface area contributed by atoms with Crippen LogP contribution in [0, 0.1) is 5.92 Å². The minimum atomic E-state index is 0.246. The average molecular weight is 252 g/mol. The molecule has 0 aromatic heterocycles. The number of hydrogen-bond acceptors (Lipinski definition) is 2. The lowest BCUT2D eigenvalue weighted by Gasteiger charge is -2.30. The van der Waals surface area contributed by atoms with Gasteiger partial charge in [0.1, 0.15) is 0 Å². The monoisotopic (exact) mass is 252 g/mol. The fourth-order valence-corrected chi connectivity index (χ4v) is 3.33. The molecule has 0 radical (unpaired) electrons. The molecule has 1 heterocycles. The van der Waals surface area contributed by atoms with E-state index in [0.29, 0.717) is 12.6 Å². The summed E-state index contributed by atoms with van der Waals surface area (Å²) in [5.41, 5.74) is 0. The van der Waals surface area contributed by atoms with Gasteiger partial charge in [-0.2, -0.15) is 0 Å². The van der Waals surface area contributed by atoms with Crippen molar-refractivity contribution in [3.63, 3.8) is 0 Å². The maximum absolute atomic E-state index is 12.0. The van der Waals surface area contributed by atoms with Gasteiger partial charge in [0.2, 0.25) is 5.91 Å². The third-order valence-electron chi connectivity index (χ3n) is 4.33. The van der Waals surface area contributed by atoms with Crippen LogP contribution >= 0.6 is 0 Å². The molecular formula is C15H28N2O. The van der Waals surface area contributed by atoms with E-state index >= 15 is 0 Å². The van der Waals surface area contributed by atoms with E-state index in [1.807, 2.05) is 0 Å². The molecule has 1 atom stereocenters. The summed E-state index contributed by atoms with van der Waals surface area (Å²) in [5.74, 6) is 1.00. The van der Waals surface area contributed by atoms with Gasteiger partial charge in [-0.3, -0.25) is 9.69 Å². The summed E-state index contributed by atoms with van der Waals surface area (Å²) in [5, 5.41) is 3.24. The van der Waals surface area contributed by atoms with Crippen molar-refractivity contribution in [3.8, 4) is 0 Å². The second kappa shape index (κ2) is 7.13. The Labute approximate surface area is 111 Å². The van der Waals surface area contributed by atoms with Crippen molar-refractivity contribution < 1.29 is 4.79 Å². The van der Waals surface area contributed by atoms with Gasteiger partial charge in [0.25, 0.3) is 0 Å². The van der Waals surface area contributed by atoms with Gasteiger partial charge >= 0.3 is 0 Å². The van der Waals surface area contributed by atoms with Crippen LogP contribution in [0.15, 0.2) is 0 Å². The van der Waals surface area contributed by atoms with Crippen LogP contribution in [-0.2, 0) is 4.79 Å². The van der Waals surface area contributed by atoms with Crippen LogP contribution in [0.4, 0.5) is 0 Å². The number of carbonyl (C=O) groups excluding carboxylic acids is 1. The lowest BCUT2D eigenvalue weighted by Crippen LogP contribution is -2.44. The van der Waals surface area contributed by atoms with Gasteiger partial charge in [-0.1, -0.05) is 32.6 Å². The van der Waals surface area contributed by atoms with E-state index in [9.17, 15) is 4.79 Å². The minimum Gasteiger partial charge on any atom is -0.352 e. The van der Waals surface area contributed by atoms with Gasteiger partial charge in [-0.15, -0.1) is 0 Å². The SMILES string of the molecule is C[C@@H]1CCCN(CC(=O)NC2CCCCCC2)C1. The van der Waals surface area contributed by atoms with Crippen LogP contribution in [0.5, 0.6) is 0 Å². The smallest absolute Gasteiger partial charge is 0.234 e. The van der Waals surface area contributed by atoms with E-state index in [2.05, 4.69) is 17.1 Å². The predicted molar refractivity (Wildman–Crippen MR) is 74.5 cm³/mol. The number of rotatable bonds is 3. The molecule has 1 aliphatic carbocycles. The molecule has 0 spiro atoms. The van der Waals surface area contributed by atoms with Gasteiger partial charge in [0.05, 0.1) is 6.54 Å². The van der Waals surface area contributed by atoms with Crippen LogP contribution in [0.1, 0.15) is 58.3 Å². The number of hydrogen-bond donors (Lipinski definition) is 1. The van der Waals surface area contributed by atoms with Crippen LogP contribution in [0.25, 0.3) is 0 Å². The lowest BCUT2D eigenvalue weighted by atomic mass is 10.0. The lowest BCUT2D eigenvalue weighted by molar-refractivity contribution is -0.123. The van der Waals surface area contributed by atoms with Crippen molar-refractivity contribution in [1.82, 2.24) is 10.2 Å². The summed E-state index contributed by atoms with van der Waals surface area (Å²) < 4.78 is 0. The second-order valence-corrected chi connectivity index (χ2v) is 6.24. The van der Waals surface area contributed by atoms with E-state index in [1.165, 1.54) is 51.4 Å². The third kappa shape index (κ3) is 4.60. The molecule has 2 fully saturated rings. The molecule has 0 aromatic carbocycles. The first-order chi connectivity index (χ1) is 8.74. The van der Waals surface area contributed by atoms with Gasteiger partial charge in [-0.05, 0) is 38.1 Å². The first kappa shape index (κ1) is 13.9. The first-order valence-corrected chi connectivity index (χ1v) is 7.76. The molecule has 104 valence electrons. The minimum absolute atomic E-state index is 0.246. The number of piperidine rings is 1. The van der Waals surface area contributed by atoms with Crippen molar-refractivity contribution >= 4 is 5.91 Å². The second-order valence-electron chi connectivity index (χ2n) is 6.24. The van der Waals surface area contributed by atoms with Gasteiger partial charge in [0, 0.05) is 12.6 Å². The van der Waals surface area contributed by atoms with Crippen molar-refractivity contribution in [2.75, 3.05) is 19.6 Å². The van der Waals surface area contributed by atoms with Gasteiger partial charge in [0.15, 0.2) is 0 Å². The zero-order chi connectivity index (χ0) is 12.8. The Morgan fingerprint density at radius 2 is 1.83 bits per heavy atom. The van der Waals surface area contributed by atoms with E-state index in [1.54, 1.807) is 0 Å². The summed E-state index contributed by atoms with van der Waals surface area (Å²) in [6.07, 6.45) is 10.2. The van der Waals surface area contributed by atoms with Crippen LogP contribution in [0.3, 0.4) is 0 Å². The molecule has 0 bridgehead atoms. The Kier molecular flexibility index (Phi) is 5.48. The van der Waals surface area contributed by atoms with Crippen molar-refractivity contribution in [3.05, 3.63) is 0 Å². The number of nitrogens with zero attached hydrogens (tertiary/aromatic N) is 1. The molecule has 1 aliphatic heterocycles. The van der Waals surface area contributed by atoms with Crippen LogP contribution in [-0.4, -0.2) is 36.5 Å². The molecule has 1 saturated heterocycles. The molecule has 3 nitrogen and oxygen atoms in total. The summed E-state index contributed by atoms with van der Waals surface area (Å²) in [7, 11) is 0. The van der Waals surface area contributed by atoms with Gasteiger partial charge in [-0.25, -0.2) is 0 Å². The molecule has 1 N–H and O–H groups in total. The quantitative estimate of drug-likeness (QED) is 0.783. The highest BCUT2D eigenvalue weighted by atomic mass is 16.2. The Balaban J connectivity index is 1.70.